The summed E-state index contributed by atoms with van der Waals surface area (Å²) in [6.07, 6.45) is 1.66. The Bertz CT molecular complexity index is 815. The van der Waals surface area contributed by atoms with Gasteiger partial charge in [0.05, 0.1) is 6.20 Å². The Morgan fingerprint density at radius 3 is 2.63 bits per heavy atom. The van der Waals surface area contributed by atoms with Gasteiger partial charge in [-0.2, -0.15) is 4.40 Å². The highest BCUT2D eigenvalue weighted by atomic mass is 19.3. The van der Waals surface area contributed by atoms with Crippen molar-refractivity contribution >= 4 is 11.4 Å². The fourth-order valence-electron chi connectivity index (χ4n) is 3.17. The molecule has 0 saturated carbocycles. The van der Waals surface area contributed by atoms with Gasteiger partial charge in [-0.15, -0.1) is 0 Å². The summed E-state index contributed by atoms with van der Waals surface area (Å²) >= 11 is 0. The highest BCUT2D eigenvalue weighted by Crippen LogP contribution is 2.28. The van der Waals surface area contributed by atoms with Crippen LogP contribution in [-0.2, 0) is 6.54 Å². The fraction of sp³-hybridized carbons (Fsp3) is 0.600. The van der Waals surface area contributed by atoms with E-state index in [2.05, 4.69) is 31.1 Å². The molecule has 1 aliphatic rings. The molecule has 5 nitrogen and oxygen atoms in total. The number of hydrogen-bond acceptors (Lipinski definition) is 2. The third-order valence-electron chi connectivity index (χ3n) is 5.51. The smallest absolute Gasteiger partial charge is 0.295 e. The van der Waals surface area contributed by atoms with Crippen LogP contribution in [0.25, 0.3) is 5.52 Å². The van der Waals surface area contributed by atoms with Crippen LogP contribution >= 0.6 is 0 Å². The number of imidazole rings is 1. The van der Waals surface area contributed by atoms with Gasteiger partial charge in [-0.3, -0.25) is 9.69 Å². The minimum absolute atomic E-state index is 0.00448. The first-order valence-electron chi connectivity index (χ1n) is 9.49. The highest BCUT2D eigenvalue weighted by Gasteiger charge is 2.35. The first kappa shape index (κ1) is 19.7. The van der Waals surface area contributed by atoms with Crippen molar-refractivity contribution in [3.05, 3.63) is 35.9 Å². The number of rotatable bonds is 4. The summed E-state index contributed by atoms with van der Waals surface area (Å²) in [6, 6.07) is 5.68. The molecule has 2 N–H and O–H groups in total. The zero-order chi connectivity index (χ0) is 19.8. The number of carbonyl (C=O) groups excluding carboxylic acids is 1. The summed E-state index contributed by atoms with van der Waals surface area (Å²) in [7, 11) is 0. The molecule has 148 valence electrons. The van der Waals surface area contributed by atoms with E-state index in [4.69, 9.17) is 0 Å². The minimum Gasteiger partial charge on any atom is -0.346 e. The second kappa shape index (κ2) is 7.19. The Hall–Kier alpha value is -2.02. The number of hydrogen-bond donors (Lipinski definition) is 2. The maximum absolute atomic E-state index is 13.4. The SMILES string of the molecule is CC(NC(=O)c1[nH]c(CN2CCC(F)(F)CC2)[n+]2ccccc12)C(C)(C)C. The Morgan fingerprint density at radius 2 is 2.00 bits per heavy atom. The summed E-state index contributed by atoms with van der Waals surface area (Å²) in [5, 5.41) is 3.06. The number of piperidine rings is 1. The van der Waals surface area contributed by atoms with Gasteiger partial charge in [-0.05, 0) is 24.5 Å². The van der Waals surface area contributed by atoms with Crippen LogP contribution in [0.4, 0.5) is 8.78 Å². The van der Waals surface area contributed by atoms with E-state index in [0.717, 1.165) is 11.3 Å². The summed E-state index contributed by atoms with van der Waals surface area (Å²) in [6.45, 7) is 9.44. The number of alkyl halides is 2. The topological polar surface area (TPSA) is 52.2 Å². The Labute approximate surface area is 158 Å². The van der Waals surface area contributed by atoms with Crippen LogP contribution < -0.4 is 9.72 Å². The molecule has 0 aliphatic carbocycles. The molecule has 1 atom stereocenters. The Kier molecular flexibility index (Phi) is 5.25. The molecule has 2 aromatic heterocycles. The molecule has 3 rings (SSSR count). The third-order valence-corrected chi connectivity index (χ3v) is 5.51. The van der Waals surface area contributed by atoms with E-state index in [1.54, 1.807) is 0 Å². The van der Waals surface area contributed by atoms with Gasteiger partial charge in [-0.1, -0.05) is 26.8 Å². The number of aromatic nitrogens is 2. The van der Waals surface area contributed by atoms with Crippen LogP contribution in [0.3, 0.4) is 0 Å². The van der Waals surface area contributed by atoms with Crippen molar-refractivity contribution in [3.63, 3.8) is 0 Å². The van der Waals surface area contributed by atoms with E-state index in [1.807, 2.05) is 40.6 Å². The summed E-state index contributed by atoms with van der Waals surface area (Å²) < 4.78 is 28.7. The maximum Gasteiger partial charge on any atom is 0.295 e. The lowest BCUT2D eigenvalue weighted by Gasteiger charge is -2.30. The molecule has 7 heteroatoms. The molecular formula is C20H29F2N4O+. The third kappa shape index (κ3) is 4.46. The van der Waals surface area contributed by atoms with Gasteiger partial charge in [0.15, 0.2) is 5.52 Å². The van der Waals surface area contributed by atoms with Crippen LogP contribution in [0.2, 0.25) is 0 Å². The van der Waals surface area contributed by atoms with E-state index in [1.165, 1.54) is 0 Å². The van der Waals surface area contributed by atoms with Gasteiger partial charge in [0.1, 0.15) is 6.54 Å². The number of halogens is 2. The van der Waals surface area contributed by atoms with Crippen molar-refractivity contribution in [1.29, 1.82) is 0 Å². The van der Waals surface area contributed by atoms with Crippen molar-refractivity contribution in [3.8, 4) is 0 Å². The lowest BCUT2D eigenvalue weighted by Crippen LogP contribution is -2.41. The zero-order valence-corrected chi connectivity index (χ0v) is 16.5. The number of pyridine rings is 1. The van der Waals surface area contributed by atoms with Gasteiger partial charge in [0, 0.05) is 32.0 Å². The largest absolute Gasteiger partial charge is 0.346 e. The predicted octanol–water partition coefficient (Wildman–Crippen LogP) is 3.15. The molecule has 1 saturated heterocycles. The number of fused-ring (bicyclic) bond motifs is 1. The lowest BCUT2D eigenvalue weighted by atomic mass is 9.88. The molecule has 0 spiro atoms. The van der Waals surface area contributed by atoms with Crippen LogP contribution in [0.1, 0.15) is 56.8 Å². The second-order valence-corrected chi connectivity index (χ2v) is 8.60. The molecule has 0 aromatic carbocycles. The number of carbonyl (C=O) groups is 1. The standard InChI is InChI=1S/C20H28F2N4O/c1-14(19(2,3)4)23-18(27)17-15-7-5-6-10-26(15)16(24-17)13-25-11-8-20(21,22)9-12-25/h5-7,10,14H,8-9,11-13H2,1-4H3,(H,23,27)/p+1. The molecule has 1 aliphatic heterocycles. The molecule has 2 aromatic rings. The van der Waals surface area contributed by atoms with Crippen LogP contribution in [0.5, 0.6) is 0 Å². The van der Waals surface area contributed by atoms with Gasteiger partial charge in [-0.25, -0.2) is 13.8 Å². The highest BCUT2D eigenvalue weighted by molar-refractivity contribution is 5.98. The summed E-state index contributed by atoms with van der Waals surface area (Å²) in [4.78, 5) is 18.1. The molecule has 1 fully saturated rings. The number of amides is 1. The van der Waals surface area contributed by atoms with Gasteiger partial charge in [0.25, 0.3) is 17.7 Å². The molecular weight excluding hydrogens is 350 g/mol. The Morgan fingerprint density at radius 1 is 1.33 bits per heavy atom. The van der Waals surface area contributed by atoms with Crippen molar-refractivity contribution < 1.29 is 18.0 Å². The summed E-state index contributed by atoms with van der Waals surface area (Å²) in [5.41, 5.74) is 1.24. The van der Waals surface area contributed by atoms with Gasteiger partial charge >= 0.3 is 0 Å². The van der Waals surface area contributed by atoms with E-state index in [-0.39, 0.29) is 30.2 Å². The number of likely N-dealkylation sites (tertiary alicyclic amines) is 1. The normalized spacial score (nSPS) is 19.2. The first-order valence-corrected chi connectivity index (χ1v) is 9.49. The van der Waals surface area contributed by atoms with Gasteiger partial charge in [0.2, 0.25) is 5.69 Å². The monoisotopic (exact) mass is 379 g/mol. The van der Waals surface area contributed by atoms with Gasteiger partial charge < -0.3 is 5.32 Å². The molecule has 27 heavy (non-hydrogen) atoms. The lowest BCUT2D eigenvalue weighted by molar-refractivity contribution is -0.523. The first-order chi connectivity index (χ1) is 12.6. The van der Waals surface area contributed by atoms with E-state index in [0.29, 0.717) is 25.3 Å². The maximum atomic E-state index is 13.4. The average Bonchev–Trinajstić information content (AvgIpc) is 2.95. The number of nitrogens with one attached hydrogen (secondary N) is 2. The molecule has 0 radical (unpaired) electrons. The molecule has 3 heterocycles. The Balaban J connectivity index is 1.83. The fourth-order valence-corrected chi connectivity index (χ4v) is 3.17. The zero-order valence-electron chi connectivity index (χ0n) is 16.5. The van der Waals surface area contributed by atoms with Crippen LogP contribution in [0.15, 0.2) is 24.4 Å². The minimum atomic E-state index is -2.56. The van der Waals surface area contributed by atoms with Crippen molar-refractivity contribution in [2.24, 2.45) is 5.41 Å². The van der Waals surface area contributed by atoms with Crippen LogP contribution in [0, 0.1) is 5.41 Å². The van der Waals surface area contributed by atoms with E-state index >= 15 is 0 Å². The van der Waals surface area contributed by atoms with E-state index in [9.17, 15) is 13.6 Å². The quantitative estimate of drug-likeness (QED) is 0.802. The predicted molar refractivity (Wildman–Crippen MR) is 99.8 cm³/mol. The molecule has 0 bridgehead atoms. The van der Waals surface area contributed by atoms with Crippen molar-refractivity contribution in [2.45, 2.75) is 59.0 Å². The van der Waals surface area contributed by atoms with E-state index < -0.39 is 5.92 Å². The number of H-pyrrole nitrogens is 1. The summed E-state index contributed by atoms with van der Waals surface area (Å²) in [5.74, 6) is -1.89. The second-order valence-electron chi connectivity index (χ2n) is 8.60. The van der Waals surface area contributed by atoms with Crippen molar-refractivity contribution in [2.75, 3.05) is 13.1 Å². The number of nitrogens with zero attached hydrogens (tertiary/aromatic N) is 2. The molecule has 1 amide bonds. The number of aromatic amines is 1. The average molecular weight is 379 g/mol. The van der Waals surface area contributed by atoms with Crippen molar-refractivity contribution in [1.82, 2.24) is 15.2 Å². The molecule has 1 unspecified atom stereocenters. The van der Waals surface area contributed by atoms with Crippen LogP contribution in [-0.4, -0.2) is 40.8 Å².